The normalized spacial score (nSPS) is 23.8. The number of anilines is 1. The number of nitrogens with zero attached hydrogens (tertiary/aromatic N) is 1. The highest BCUT2D eigenvalue weighted by Crippen LogP contribution is 2.22. The number of benzene rings is 1. The third-order valence-corrected chi connectivity index (χ3v) is 2.93. The number of para-hydroxylation sites is 1. The minimum absolute atomic E-state index is 0.0713. The largest absolute Gasteiger partial charge is 0.394 e. The summed E-state index contributed by atoms with van der Waals surface area (Å²) >= 11 is 0. The Morgan fingerprint density at radius 3 is 2.65 bits per heavy atom. The van der Waals surface area contributed by atoms with Gasteiger partial charge < -0.3 is 10.0 Å². The highest BCUT2D eigenvalue weighted by Gasteiger charge is 2.38. The molecular formula is C13H18N2O2. The standard InChI is InChI=1S/C13H18N2O2/c1-13(2)9-15(10-6-4-3-5-7-10)12(17)11(8-16)14-13/h3-7,11,14,16H,8-9H2,1-2H3. The maximum atomic E-state index is 12.1. The predicted octanol–water partition coefficient (Wildman–Crippen LogP) is 0.762. The van der Waals surface area contributed by atoms with Crippen LogP contribution in [0.4, 0.5) is 5.69 Å². The van der Waals surface area contributed by atoms with Crippen LogP contribution in [-0.2, 0) is 4.79 Å². The topological polar surface area (TPSA) is 52.6 Å². The van der Waals surface area contributed by atoms with Crippen molar-refractivity contribution in [1.82, 2.24) is 5.32 Å². The van der Waals surface area contributed by atoms with E-state index in [1.807, 2.05) is 44.2 Å². The summed E-state index contributed by atoms with van der Waals surface area (Å²) < 4.78 is 0. The van der Waals surface area contributed by atoms with Crippen molar-refractivity contribution in [2.75, 3.05) is 18.1 Å². The lowest BCUT2D eigenvalue weighted by Crippen LogP contribution is -2.66. The van der Waals surface area contributed by atoms with Crippen molar-refractivity contribution in [1.29, 1.82) is 0 Å². The summed E-state index contributed by atoms with van der Waals surface area (Å²) in [4.78, 5) is 13.9. The molecule has 1 unspecified atom stereocenters. The summed E-state index contributed by atoms with van der Waals surface area (Å²) in [6.07, 6.45) is 0. The summed E-state index contributed by atoms with van der Waals surface area (Å²) in [5, 5.41) is 12.4. The van der Waals surface area contributed by atoms with Crippen LogP contribution in [-0.4, -0.2) is 35.7 Å². The summed E-state index contributed by atoms with van der Waals surface area (Å²) in [6, 6.07) is 9.04. The van der Waals surface area contributed by atoms with Crippen LogP contribution in [0.3, 0.4) is 0 Å². The Labute approximate surface area is 101 Å². The monoisotopic (exact) mass is 234 g/mol. The fourth-order valence-corrected chi connectivity index (χ4v) is 2.19. The minimum Gasteiger partial charge on any atom is -0.394 e. The summed E-state index contributed by atoms with van der Waals surface area (Å²) in [7, 11) is 0. The van der Waals surface area contributed by atoms with Gasteiger partial charge in [-0.1, -0.05) is 18.2 Å². The van der Waals surface area contributed by atoms with Gasteiger partial charge in [0.15, 0.2) is 0 Å². The van der Waals surface area contributed by atoms with E-state index in [9.17, 15) is 9.90 Å². The van der Waals surface area contributed by atoms with Gasteiger partial charge in [-0.05, 0) is 26.0 Å². The molecule has 1 fully saturated rings. The molecule has 0 aromatic heterocycles. The smallest absolute Gasteiger partial charge is 0.246 e. The Morgan fingerprint density at radius 1 is 1.41 bits per heavy atom. The molecule has 1 aromatic carbocycles. The lowest BCUT2D eigenvalue weighted by molar-refractivity contribution is -0.124. The van der Waals surface area contributed by atoms with Gasteiger partial charge in [0.1, 0.15) is 6.04 Å². The Balaban J connectivity index is 2.29. The highest BCUT2D eigenvalue weighted by molar-refractivity contribution is 5.98. The average molecular weight is 234 g/mol. The van der Waals surface area contributed by atoms with E-state index in [1.165, 1.54) is 0 Å². The van der Waals surface area contributed by atoms with E-state index >= 15 is 0 Å². The summed E-state index contributed by atoms with van der Waals surface area (Å²) in [5.74, 6) is -0.0713. The molecule has 2 rings (SSSR count). The number of rotatable bonds is 2. The number of amides is 1. The van der Waals surface area contributed by atoms with E-state index in [1.54, 1.807) is 4.90 Å². The molecule has 1 saturated heterocycles. The fraction of sp³-hybridized carbons (Fsp3) is 0.462. The zero-order valence-corrected chi connectivity index (χ0v) is 10.2. The third kappa shape index (κ3) is 2.48. The van der Waals surface area contributed by atoms with Crippen LogP contribution in [0.2, 0.25) is 0 Å². The number of carbonyl (C=O) groups is 1. The first-order chi connectivity index (χ1) is 8.03. The van der Waals surface area contributed by atoms with Gasteiger partial charge in [0.05, 0.1) is 6.61 Å². The zero-order chi connectivity index (χ0) is 12.5. The van der Waals surface area contributed by atoms with E-state index in [-0.39, 0.29) is 18.1 Å². The van der Waals surface area contributed by atoms with Gasteiger partial charge in [0, 0.05) is 17.8 Å². The summed E-state index contributed by atoms with van der Waals surface area (Å²) in [5.41, 5.74) is 0.683. The van der Waals surface area contributed by atoms with Crippen LogP contribution in [0, 0.1) is 0 Å². The molecule has 1 amide bonds. The van der Waals surface area contributed by atoms with Crippen molar-refractivity contribution < 1.29 is 9.90 Å². The molecular weight excluding hydrogens is 216 g/mol. The first-order valence-electron chi connectivity index (χ1n) is 5.78. The SMILES string of the molecule is CC1(C)CN(c2ccccc2)C(=O)C(CO)N1. The van der Waals surface area contributed by atoms with E-state index in [0.717, 1.165) is 5.69 Å². The molecule has 1 aliphatic rings. The molecule has 0 aliphatic carbocycles. The van der Waals surface area contributed by atoms with Gasteiger partial charge in [-0.2, -0.15) is 0 Å². The Morgan fingerprint density at radius 2 is 2.06 bits per heavy atom. The van der Waals surface area contributed by atoms with Crippen molar-refractivity contribution in [2.24, 2.45) is 0 Å². The van der Waals surface area contributed by atoms with Crippen LogP contribution in [0.5, 0.6) is 0 Å². The number of nitrogens with one attached hydrogen (secondary N) is 1. The molecule has 0 bridgehead atoms. The number of hydrogen-bond donors (Lipinski definition) is 2. The molecule has 0 saturated carbocycles. The zero-order valence-electron chi connectivity index (χ0n) is 10.2. The van der Waals surface area contributed by atoms with Crippen LogP contribution >= 0.6 is 0 Å². The Bertz CT molecular complexity index is 403. The van der Waals surface area contributed by atoms with E-state index in [4.69, 9.17) is 0 Å². The van der Waals surface area contributed by atoms with Crippen molar-refractivity contribution >= 4 is 11.6 Å². The number of aliphatic hydroxyl groups is 1. The molecule has 1 aliphatic heterocycles. The molecule has 0 radical (unpaired) electrons. The van der Waals surface area contributed by atoms with Crippen LogP contribution in [0.15, 0.2) is 30.3 Å². The maximum absolute atomic E-state index is 12.1. The van der Waals surface area contributed by atoms with Gasteiger partial charge in [0.25, 0.3) is 0 Å². The molecule has 0 spiro atoms. The van der Waals surface area contributed by atoms with Crippen molar-refractivity contribution in [2.45, 2.75) is 25.4 Å². The Kier molecular flexibility index (Phi) is 3.17. The van der Waals surface area contributed by atoms with Crippen LogP contribution < -0.4 is 10.2 Å². The molecule has 4 heteroatoms. The first-order valence-corrected chi connectivity index (χ1v) is 5.78. The van der Waals surface area contributed by atoms with Gasteiger partial charge in [-0.15, -0.1) is 0 Å². The predicted molar refractivity (Wildman–Crippen MR) is 66.9 cm³/mol. The molecule has 1 aromatic rings. The second-order valence-corrected chi connectivity index (χ2v) is 5.02. The molecule has 17 heavy (non-hydrogen) atoms. The van der Waals surface area contributed by atoms with Crippen molar-refractivity contribution in [3.8, 4) is 0 Å². The van der Waals surface area contributed by atoms with Gasteiger partial charge in [0.2, 0.25) is 5.91 Å². The maximum Gasteiger partial charge on any atom is 0.246 e. The molecule has 1 heterocycles. The number of hydrogen-bond acceptors (Lipinski definition) is 3. The van der Waals surface area contributed by atoms with Gasteiger partial charge >= 0.3 is 0 Å². The molecule has 92 valence electrons. The van der Waals surface area contributed by atoms with Crippen LogP contribution in [0.25, 0.3) is 0 Å². The lowest BCUT2D eigenvalue weighted by atomic mass is 9.97. The van der Waals surface area contributed by atoms with Gasteiger partial charge in [-0.25, -0.2) is 0 Å². The molecule has 1 atom stereocenters. The van der Waals surface area contributed by atoms with E-state index in [2.05, 4.69) is 5.32 Å². The summed E-state index contributed by atoms with van der Waals surface area (Å²) in [6.45, 7) is 4.48. The first kappa shape index (κ1) is 12.1. The number of carbonyl (C=O) groups excluding carboxylic acids is 1. The van der Waals surface area contributed by atoms with E-state index in [0.29, 0.717) is 6.54 Å². The van der Waals surface area contributed by atoms with Crippen molar-refractivity contribution in [3.05, 3.63) is 30.3 Å². The second-order valence-electron chi connectivity index (χ2n) is 5.02. The fourth-order valence-electron chi connectivity index (χ4n) is 2.19. The Hall–Kier alpha value is -1.39. The minimum atomic E-state index is -0.515. The molecule has 4 nitrogen and oxygen atoms in total. The second kappa shape index (κ2) is 4.47. The number of aliphatic hydroxyl groups excluding tert-OH is 1. The van der Waals surface area contributed by atoms with Crippen LogP contribution in [0.1, 0.15) is 13.8 Å². The third-order valence-electron chi connectivity index (χ3n) is 2.93. The van der Waals surface area contributed by atoms with Gasteiger partial charge in [-0.3, -0.25) is 10.1 Å². The number of piperazine rings is 1. The van der Waals surface area contributed by atoms with Crippen molar-refractivity contribution in [3.63, 3.8) is 0 Å². The highest BCUT2D eigenvalue weighted by atomic mass is 16.3. The average Bonchev–Trinajstić information content (AvgIpc) is 2.33. The van der Waals surface area contributed by atoms with E-state index < -0.39 is 6.04 Å². The quantitative estimate of drug-likeness (QED) is 0.794. The molecule has 2 N–H and O–H groups in total. The lowest BCUT2D eigenvalue weighted by Gasteiger charge is -2.42.